The van der Waals surface area contributed by atoms with Gasteiger partial charge in [0.05, 0.1) is 43.1 Å². The van der Waals surface area contributed by atoms with Gasteiger partial charge in [0.2, 0.25) is 24.7 Å². The van der Waals surface area contributed by atoms with Crippen molar-refractivity contribution in [2.24, 2.45) is 0 Å². The average Bonchev–Trinajstić information content (AvgIpc) is 3.48. The zero-order valence-electron chi connectivity index (χ0n) is 24.4. The maximum absolute atomic E-state index is 12.3. The van der Waals surface area contributed by atoms with E-state index in [1.54, 1.807) is 18.3 Å². The number of rotatable bonds is 12. The summed E-state index contributed by atoms with van der Waals surface area (Å²) in [5.41, 5.74) is 3.45. The molecule has 15 nitrogen and oxygen atoms in total. The van der Waals surface area contributed by atoms with Gasteiger partial charge in [-0.25, -0.2) is 14.6 Å². The molecule has 1 aliphatic rings. The molecule has 0 atom stereocenters. The highest BCUT2D eigenvalue weighted by Gasteiger charge is 2.24. The fourth-order valence-electron chi connectivity index (χ4n) is 4.80. The van der Waals surface area contributed by atoms with Gasteiger partial charge in [-0.15, -0.1) is 0 Å². The SMILES string of the molecule is C=CC(=O)Nc1cc(Nc2nccc(-n3cc(CN(C(O)O)C(O)O)c(-c4ccccc4)n3)n2)c(OC)cc1N1CCOCC1. The first-order valence-corrected chi connectivity index (χ1v) is 14.0. The number of aliphatic hydroxyl groups excluding tert-OH is 2. The highest BCUT2D eigenvalue weighted by molar-refractivity contribution is 6.02. The molecule has 0 bridgehead atoms. The molecule has 0 aliphatic carbocycles. The van der Waals surface area contributed by atoms with Gasteiger partial charge < -0.3 is 45.4 Å². The molecule has 45 heavy (non-hydrogen) atoms. The Morgan fingerprint density at radius 3 is 2.51 bits per heavy atom. The van der Waals surface area contributed by atoms with Gasteiger partial charge in [-0.05, 0) is 12.1 Å². The van der Waals surface area contributed by atoms with Crippen LogP contribution >= 0.6 is 0 Å². The molecular weight excluding hydrogens is 584 g/mol. The number of anilines is 4. The first-order chi connectivity index (χ1) is 21.8. The molecule has 1 amide bonds. The molecule has 6 N–H and O–H groups in total. The summed E-state index contributed by atoms with van der Waals surface area (Å²) in [5.74, 6) is 0.673. The number of benzene rings is 2. The van der Waals surface area contributed by atoms with Crippen LogP contribution < -0.4 is 20.3 Å². The number of methoxy groups -OCH3 is 1. The van der Waals surface area contributed by atoms with E-state index in [1.807, 2.05) is 36.4 Å². The van der Waals surface area contributed by atoms with Crippen LogP contribution in [0.4, 0.5) is 23.0 Å². The van der Waals surface area contributed by atoms with Gasteiger partial charge in [0.15, 0.2) is 5.82 Å². The summed E-state index contributed by atoms with van der Waals surface area (Å²) in [7, 11) is 1.54. The summed E-state index contributed by atoms with van der Waals surface area (Å²) in [5, 5.41) is 49.4. The Morgan fingerprint density at radius 1 is 1.11 bits per heavy atom. The van der Waals surface area contributed by atoms with Crippen molar-refractivity contribution in [3.8, 4) is 22.8 Å². The molecule has 1 aliphatic heterocycles. The van der Waals surface area contributed by atoms with Crippen LogP contribution in [-0.2, 0) is 16.1 Å². The number of morpholine rings is 1. The Labute approximate surface area is 258 Å². The summed E-state index contributed by atoms with van der Waals surface area (Å²) < 4.78 is 12.6. The molecule has 4 aromatic rings. The van der Waals surface area contributed by atoms with Gasteiger partial charge in [-0.1, -0.05) is 36.9 Å². The van der Waals surface area contributed by atoms with Crippen LogP contribution in [-0.4, -0.2) is 97.2 Å². The summed E-state index contributed by atoms with van der Waals surface area (Å²) >= 11 is 0. The number of carbonyl (C=O) groups excluding carboxylic acids is 1. The summed E-state index contributed by atoms with van der Waals surface area (Å²) in [4.78, 5) is 24.0. The molecule has 0 unspecified atom stereocenters. The minimum absolute atomic E-state index is 0.197. The lowest BCUT2D eigenvalue weighted by Crippen LogP contribution is -2.42. The normalized spacial score (nSPS) is 13.4. The fraction of sp³-hybridized carbons (Fsp3) is 0.267. The van der Waals surface area contributed by atoms with E-state index in [1.165, 1.54) is 24.1 Å². The monoisotopic (exact) mass is 618 g/mol. The lowest BCUT2D eigenvalue weighted by Gasteiger charge is -2.31. The van der Waals surface area contributed by atoms with E-state index in [2.05, 4.69) is 37.2 Å². The van der Waals surface area contributed by atoms with E-state index in [0.29, 0.717) is 65.4 Å². The average molecular weight is 619 g/mol. The maximum Gasteiger partial charge on any atom is 0.247 e. The zero-order valence-corrected chi connectivity index (χ0v) is 24.4. The van der Waals surface area contributed by atoms with E-state index in [9.17, 15) is 25.2 Å². The predicted molar refractivity (Wildman–Crippen MR) is 165 cm³/mol. The zero-order chi connectivity index (χ0) is 31.9. The molecule has 236 valence electrons. The minimum atomic E-state index is -2.13. The molecule has 0 spiro atoms. The van der Waals surface area contributed by atoms with Crippen molar-refractivity contribution in [2.75, 3.05) is 48.9 Å². The molecule has 5 rings (SSSR count). The lowest BCUT2D eigenvalue weighted by atomic mass is 10.1. The van der Waals surface area contributed by atoms with Crippen molar-refractivity contribution in [3.05, 3.63) is 79.1 Å². The standard InChI is InChI=1S/C30H34N8O7/c1-3-26(39)32-21-15-22(24(44-2)16-23(21)36-11-13-45-14-12-36)33-28-31-10-9-25(34-28)38-18-20(17-37(29(40)41)30(42)43)27(35-38)19-7-5-4-6-8-19/h3-10,15-16,18,29-30,40-43H,1,11-14,17H2,2H3,(H,32,39)(H,31,33,34). The van der Waals surface area contributed by atoms with E-state index in [-0.39, 0.29) is 18.4 Å². The van der Waals surface area contributed by atoms with Crippen LogP contribution in [0.1, 0.15) is 5.56 Å². The molecule has 15 heteroatoms. The molecule has 3 heterocycles. The van der Waals surface area contributed by atoms with Crippen LogP contribution in [0.2, 0.25) is 0 Å². The van der Waals surface area contributed by atoms with Gasteiger partial charge in [0.1, 0.15) is 5.75 Å². The largest absolute Gasteiger partial charge is 0.494 e. The van der Waals surface area contributed by atoms with E-state index in [4.69, 9.17) is 9.47 Å². The second-order valence-corrected chi connectivity index (χ2v) is 9.90. The summed E-state index contributed by atoms with van der Waals surface area (Å²) in [6.07, 6.45) is 0.0730. The lowest BCUT2D eigenvalue weighted by molar-refractivity contribution is -0.269. The number of hydrogen-bond acceptors (Lipinski definition) is 13. The molecule has 0 radical (unpaired) electrons. The Kier molecular flexibility index (Phi) is 9.99. The first-order valence-electron chi connectivity index (χ1n) is 14.0. The first kappa shape index (κ1) is 31.5. The number of carbonyl (C=O) groups is 1. The second kappa shape index (κ2) is 14.3. The van der Waals surface area contributed by atoms with Crippen LogP contribution in [0, 0.1) is 0 Å². The smallest absolute Gasteiger partial charge is 0.247 e. The highest BCUT2D eigenvalue weighted by atomic mass is 16.5. The molecule has 2 aromatic carbocycles. The van der Waals surface area contributed by atoms with Crippen molar-refractivity contribution in [3.63, 3.8) is 0 Å². The van der Waals surface area contributed by atoms with Gasteiger partial charge in [-0.2, -0.15) is 10.1 Å². The second-order valence-electron chi connectivity index (χ2n) is 9.90. The number of nitrogens with zero attached hydrogens (tertiary/aromatic N) is 6. The molecule has 0 saturated carbocycles. The summed E-state index contributed by atoms with van der Waals surface area (Å²) in [6, 6.07) is 14.3. The summed E-state index contributed by atoms with van der Waals surface area (Å²) in [6.45, 7) is 5.69. The van der Waals surface area contributed by atoms with Gasteiger partial charge in [-0.3, -0.25) is 4.79 Å². The Hall–Kier alpha value is -4.90. The number of aliphatic hydroxyl groups is 4. The Morgan fingerprint density at radius 2 is 1.84 bits per heavy atom. The third-order valence-electron chi connectivity index (χ3n) is 7.02. The topological polar surface area (TPSA) is 191 Å². The minimum Gasteiger partial charge on any atom is -0.494 e. The van der Waals surface area contributed by atoms with Crippen molar-refractivity contribution in [2.45, 2.75) is 19.4 Å². The van der Waals surface area contributed by atoms with Crippen molar-refractivity contribution >= 4 is 28.9 Å². The molecule has 2 aromatic heterocycles. The van der Waals surface area contributed by atoms with E-state index >= 15 is 0 Å². The third kappa shape index (κ3) is 7.43. The van der Waals surface area contributed by atoms with Gasteiger partial charge >= 0.3 is 0 Å². The number of amides is 1. The van der Waals surface area contributed by atoms with Gasteiger partial charge in [0, 0.05) is 55.3 Å². The number of hydrogen-bond donors (Lipinski definition) is 6. The van der Waals surface area contributed by atoms with Crippen LogP contribution in [0.25, 0.3) is 17.1 Å². The van der Waals surface area contributed by atoms with Gasteiger partial charge in [0.25, 0.3) is 0 Å². The van der Waals surface area contributed by atoms with Crippen molar-refractivity contribution < 1.29 is 34.7 Å². The molecule has 1 saturated heterocycles. The number of ether oxygens (including phenoxy) is 2. The highest BCUT2D eigenvalue weighted by Crippen LogP contribution is 2.38. The van der Waals surface area contributed by atoms with Crippen molar-refractivity contribution in [1.82, 2.24) is 24.6 Å². The quantitative estimate of drug-likeness (QED) is 0.0987. The van der Waals surface area contributed by atoms with Crippen LogP contribution in [0.3, 0.4) is 0 Å². The van der Waals surface area contributed by atoms with E-state index in [0.717, 1.165) is 11.3 Å². The molecule has 1 fully saturated rings. The predicted octanol–water partition coefficient (Wildman–Crippen LogP) is 1.38. The van der Waals surface area contributed by atoms with Crippen LogP contribution in [0.5, 0.6) is 5.75 Å². The van der Waals surface area contributed by atoms with E-state index < -0.39 is 12.8 Å². The Balaban J connectivity index is 1.50. The van der Waals surface area contributed by atoms with Crippen molar-refractivity contribution in [1.29, 1.82) is 0 Å². The molecular formula is C30H34N8O7. The number of nitrogens with one attached hydrogen (secondary N) is 2. The maximum atomic E-state index is 12.3. The number of aromatic nitrogens is 4. The Bertz CT molecular complexity index is 1620. The fourth-order valence-corrected chi connectivity index (χ4v) is 4.80. The van der Waals surface area contributed by atoms with Crippen LogP contribution in [0.15, 0.2) is 73.6 Å². The third-order valence-corrected chi connectivity index (χ3v) is 7.02.